The number of hydrogen-bond donors (Lipinski definition) is 2. The van der Waals surface area contributed by atoms with Crippen LogP contribution in [-0.4, -0.2) is 57.2 Å². The van der Waals surface area contributed by atoms with Crippen LogP contribution in [0, 0.1) is 0 Å². The fourth-order valence-corrected chi connectivity index (χ4v) is 3.91. The zero-order valence-corrected chi connectivity index (χ0v) is 12.8. The Balaban J connectivity index is 2.32. The molecule has 2 rings (SSSR count). The van der Waals surface area contributed by atoms with E-state index in [-0.39, 0.29) is 9.92 Å². The van der Waals surface area contributed by atoms with Crippen LogP contribution in [0.1, 0.15) is 0 Å². The molecule has 0 unspecified atom stereocenters. The van der Waals surface area contributed by atoms with Gasteiger partial charge in [-0.15, -0.1) is 0 Å². The summed E-state index contributed by atoms with van der Waals surface area (Å²) in [6.07, 6.45) is -0.719. The number of nitrogens with one attached hydrogen (secondary N) is 1. The van der Waals surface area contributed by atoms with Crippen LogP contribution < -0.4 is 10.1 Å². The molecule has 0 radical (unpaired) electrons. The summed E-state index contributed by atoms with van der Waals surface area (Å²) < 4.78 is 31.2. The smallest absolute Gasteiger partial charge is 0.243 e. The summed E-state index contributed by atoms with van der Waals surface area (Å²) in [4.78, 5) is 0.0740. The molecule has 0 aromatic heterocycles. The fourth-order valence-electron chi connectivity index (χ4n) is 2.17. The van der Waals surface area contributed by atoms with Crippen LogP contribution in [0.5, 0.6) is 5.75 Å². The Hall–Kier alpha value is -0.860. The molecule has 1 saturated heterocycles. The predicted octanol–water partition coefficient (Wildman–Crippen LogP) is 0.302. The maximum absolute atomic E-state index is 12.5. The number of methoxy groups -OCH3 is 1. The summed E-state index contributed by atoms with van der Waals surface area (Å²) in [5.74, 6) is 0.413. The molecule has 1 aliphatic heterocycles. The Bertz CT molecular complexity index is 593. The summed E-state index contributed by atoms with van der Waals surface area (Å²) in [7, 11) is -0.796. The summed E-state index contributed by atoms with van der Waals surface area (Å²) >= 11 is 5.96. The first kappa shape index (κ1) is 15.5. The van der Waals surface area contributed by atoms with Gasteiger partial charge in [0.25, 0.3) is 0 Å². The number of aliphatic hydroxyl groups is 1. The van der Waals surface area contributed by atoms with Gasteiger partial charge in [0.2, 0.25) is 10.0 Å². The maximum atomic E-state index is 12.5. The lowest BCUT2D eigenvalue weighted by Crippen LogP contribution is -2.44. The second kappa shape index (κ2) is 5.87. The van der Waals surface area contributed by atoms with Gasteiger partial charge in [0.05, 0.1) is 29.2 Å². The van der Waals surface area contributed by atoms with Crippen molar-refractivity contribution >= 4 is 21.6 Å². The minimum Gasteiger partial charge on any atom is -0.495 e. The van der Waals surface area contributed by atoms with Crippen molar-refractivity contribution in [3.05, 3.63) is 23.2 Å². The molecule has 1 aromatic rings. The molecule has 1 aliphatic rings. The molecule has 1 aromatic carbocycles. The first-order valence-corrected chi connectivity index (χ1v) is 7.90. The van der Waals surface area contributed by atoms with E-state index in [2.05, 4.69) is 5.32 Å². The molecule has 1 fully saturated rings. The third kappa shape index (κ3) is 2.77. The number of ether oxygens (including phenoxy) is 1. The largest absolute Gasteiger partial charge is 0.495 e. The van der Waals surface area contributed by atoms with Gasteiger partial charge in [-0.2, -0.15) is 4.31 Å². The summed E-state index contributed by atoms with van der Waals surface area (Å²) in [5, 5.41) is 13.0. The second-order valence-electron chi connectivity index (χ2n) is 4.61. The highest BCUT2D eigenvalue weighted by Crippen LogP contribution is 2.29. The third-order valence-corrected chi connectivity index (χ3v) is 5.59. The minimum atomic E-state index is -3.71. The number of likely N-dealkylation sites (N-methyl/N-ethyl adjacent to an activating group) is 1. The van der Waals surface area contributed by atoms with Crippen LogP contribution in [0.3, 0.4) is 0 Å². The van der Waals surface area contributed by atoms with Crippen molar-refractivity contribution in [2.24, 2.45) is 0 Å². The lowest BCUT2D eigenvalue weighted by atomic mass is 10.2. The molecule has 2 N–H and O–H groups in total. The first-order valence-electron chi connectivity index (χ1n) is 6.08. The number of sulfonamides is 1. The number of halogens is 1. The molecule has 0 amide bonds. The van der Waals surface area contributed by atoms with Crippen LogP contribution in [0.15, 0.2) is 23.1 Å². The molecule has 2 atom stereocenters. The molecular weight excluding hydrogens is 304 g/mol. The monoisotopic (exact) mass is 320 g/mol. The van der Waals surface area contributed by atoms with Crippen LogP contribution in [-0.2, 0) is 10.0 Å². The van der Waals surface area contributed by atoms with Gasteiger partial charge in [0, 0.05) is 20.1 Å². The standard InChI is InChI=1S/C12H17ClN2O4S/c1-15(10-6-14-7-11(10)16)20(17,18)8-3-4-12(19-2)9(13)5-8/h3-5,10-11,14,16H,6-7H2,1-2H3/t10-,11-/m1/s1. The van der Waals surface area contributed by atoms with Gasteiger partial charge in [-0.1, -0.05) is 11.6 Å². The number of benzene rings is 1. The zero-order valence-electron chi connectivity index (χ0n) is 11.2. The van der Waals surface area contributed by atoms with Crippen molar-refractivity contribution in [1.82, 2.24) is 9.62 Å². The Morgan fingerprint density at radius 2 is 2.15 bits per heavy atom. The van der Waals surface area contributed by atoms with Gasteiger partial charge in [0.1, 0.15) is 5.75 Å². The van der Waals surface area contributed by atoms with Crippen molar-refractivity contribution in [3.8, 4) is 5.75 Å². The van der Waals surface area contributed by atoms with Gasteiger partial charge >= 0.3 is 0 Å². The number of rotatable bonds is 4. The summed E-state index contributed by atoms with van der Waals surface area (Å²) in [5.41, 5.74) is 0. The molecular formula is C12H17ClN2O4S. The van der Waals surface area contributed by atoms with Crippen molar-refractivity contribution in [2.45, 2.75) is 17.0 Å². The van der Waals surface area contributed by atoms with E-state index in [0.717, 1.165) is 0 Å². The Morgan fingerprint density at radius 3 is 2.65 bits per heavy atom. The maximum Gasteiger partial charge on any atom is 0.243 e. The first-order chi connectivity index (χ1) is 9.37. The molecule has 1 heterocycles. The van der Waals surface area contributed by atoms with E-state index in [0.29, 0.717) is 18.8 Å². The zero-order chi connectivity index (χ0) is 14.9. The van der Waals surface area contributed by atoms with Crippen LogP contribution in [0.2, 0.25) is 5.02 Å². The van der Waals surface area contributed by atoms with Gasteiger partial charge in [0.15, 0.2) is 0 Å². The molecule has 0 spiro atoms. The fraction of sp³-hybridized carbons (Fsp3) is 0.500. The average molecular weight is 321 g/mol. The molecule has 112 valence electrons. The van der Waals surface area contributed by atoms with Gasteiger partial charge in [-0.05, 0) is 18.2 Å². The van der Waals surface area contributed by atoms with E-state index in [4.69, 9.17) is 16.3 Å². The average Bonchev–Trinajstić information content (AvgIpc) is 2.83. The summed E-state index contributed by atoms with van der Waals surface area (Å²) in [6.45, 7) is 0.800. The van der Waals surface area contributed by atoms with E-state index in [1.807, 2.05) is 0 Å². The van der Waals surface area contributed by atoms with Crippen molar-refractivity contribution in [3.63, 3.8) is 0 Å². The quantitative estimate of drug-likeness (QED) is 0.834. The molecule has 8 heteroatoms. The molecule has 0 aliphatic carbocycles. The normalized spacial score (nSPS) is 23.2. The Kier molecular flexibility index (Phi) is 4.55. The van der Waals surface area contributed by atoms with E-state index in [1.54, 1.807) is 0 Å². The molecule has 0 saturated carbocycles. The van der Waals surface area contributed by atoms with E-state index >= 15 is 0 Å². The molecule has 20 heavy (non-hydrogen) atoms. The van der Waals surface area contributed by atoms with Gasteiger partial charge < -0.3 is 15.2 Å². The molecule has 6 nitrogen and oxygen atoms in total. The highest BCUT2D eigenvalue weighted by Gasteiger charge is 2.35. The minimum absolute atomic E-state index is 0.0740. The van der Waals surface area contributed by atoms with Gasteiger partial charge in [-0.3, -0.25) is 0 Å². The van der Waals surface area contributed by atoms with Crippen molar-refractivity contribution < 1.29 is 18.3 Å². The van der Waals surface area contributed by atoms with E-state index < -0.39 is 22.2 Å². The number of hydrogen-bond acceptors (Lipinski definition) is 5. The Labute approximate surface area is 123 Å². The van der Waals surface area contributed by atoms with Crippen molar-refractivity contribution in [2.75, 3.05) is 27.2 Å². The highest BCUT2D eigenvalue weighted by molar-refractivity contribution is 7.89. The molecule has 0 bridgehead atoms. The third-order valence-electron chi connectivity index (χ3n) is 3.42. The van der Waals surface area contributed by atoms with Gasteiger partial charge in [-0.25, -0.2) is 8.42 Å². The lowest BCUT2D eigenvalue weighted by Gasteiger charge is -2.25. The van der Waals surface area contributed by atoms with Crippen molar-refractivity contribution in [1.29, 1.82) is 0 Å². The lowest BCUT2D eigenvalue weighted by molar-refractivity contribution is 0.136. The van der Waals surface area contributed by atoms with Crippen LogP contribution in [0.25, 0.3) is 0 Å². The Morgan fingerprint density at radius 1 is 1.45 bits per heavy atom. The number of aliphatic hydroxyl groups excluding tert-OH is 1. The number of β-amino-alcohol motifs (C(OH)–C–C–N with tert-alkyl or cyclic N) is 1. The SMILES string of the molecule is COc1ccc(S(=O)(=O)N(C)[C@@H]2CNC[C@H]2O)cc1Cl. The van der Waals surface area contributed by atoms with E-state index in [9.17, 15) is 13.5 Å². The summed E-state index contributed by atoms with van der Waals surface area (Å²) in [6, 6.07) is 3.81. The number of nitrogens with zero attached hydrogens (tertiary/aromatic N) is 1. The second-order valence-corrected chi connectivity index (χ2v) is 7.02. The predicted molar refractivity (Wildman–Crippen MR) is 75.6 cm³/mol. The van der Waals surface area contributed by atoms with Crippen LogP contribution in [0.4, 0.5) is 0 Å². The van der Waals surface area contributed by atoms with Crippen LogP contribution >= 0.6 is 11.6 Å². The van der Waals surface area contributed by atoms with E-state index in [1.165, 1.54) is 36.7 Å². The topological polar surface area (TPSA) is 78.9 Å². The highest BCUT2D eigenvalue weighted by atomic mass is 35.5.